The minimum atomic E-state index is -0.207. The molecule has 2 aromatic rings. The van der Waals surface area contributed by atoms with Gasteiger partial charge in [0.05, 0.1) is 6.61 Å². The molecule has 0 aliphatic rings. The zero-order valence-electron chi connectivity index (χ0n) is 15.7. The number of anilines is 1. The molecule has 1 atom stereocenters. The van der Waals surface area contributed by atoms with Crippen LogP contribution in [0.3, 0.4) is 0 Å². The van der Waals surface area contributed by atoms with Crippen LogP contribution in [-0.2, 0) is 11.3 Å². The second kappa shape index (κ2) is 10.5. The van der Waals surface area contributed by atoms with Crippen molar-refractivity contribution < 1.29 is 14.3 Å². The molecule has 0 aliphatic heterocycles. The van der Waals surface area contributed by atoms with Crippen LogP contribution in [0.25, 0.3) is 0 Å². The van der Waals surface area contributed by atoms with E-state index < -0.39 is 0 Å². The molecule has 0 fully saturated rings. The number of nitrogens with one attached hydrogen (secondary N) is 2. The van der Waals surface area contributed by atoms with E-state index in [1.54, 1.807) is 0 Å². The van der Waals surface area contributed by atoms with E-state index in [1.807, 2.05) is 55.5 Å². The van der Waals surface area contributed by atoms with E-state index >= 15 is 0 Å². The van der Waals surface area contributed by atoms with Crippen LogP contribution in [-0.4, -0.2) is 25.2 Å². The van der Waals surface area contributed by atoms with Gasteiger partial charge in [-0.1, -0.05) is 31.2 Å². The third-order valence-electron chi connectivity index (χ3n) is 3.99. The summed E-state index contributed by atoms with van der Waals surface area (Å²) < 4.78 is 11.3. The Morgan fingerprint density at radius 3 is 2.50 bits per heavy atom. The van der Waals surface area contributed by atoms with Crippen molar-refractivity contribution in [1.82, 2.24) is 5.32 Å². The second-order valence-electron chi connectivity index (χ2n) is 6.11. The molecule has 2 rings (SSSR count). The van der Waals surface area contributed by atoms with Gasteiger partial charge in [0.25, 0.3) is 5.91 Å². The van der Waals surface area contributed by atoms with Gasteiger partial charge in [0.15, 0.2) is 18.1 Å². The van der Waals surface area contributed by atoms with Crippen molar-refractivity contribution >= 4 is 11.6 Å². The number of hydrogen-bond acceptors (Lipinski definition) is 4. The second-order valence-corrected chi connectivity index (χ2v) is 6.11. The number of amides is 1. The lowest BCUT2D eigenvalue weighted by Crippen LogP contribution is -2.24. The molecule has 0 saturated heterocycles. The van der Waals surface area contributed by atoms with Crippen molar-refractivity contribution in [2.24, 2.45) is 0 Å². The molecule has 2 N–H and O–H groups in total. The first kappa shape index (κ1) is 19.8. The minimum Gasteiger partial charge on any atom is -0.490 e. The SMILES string of the molecule is CCOc1cc(CNC(C)CC)ccc1OCC(=O)Nc1ccccc1. The molecule has 1 amide bonds. The smallest absolute Gasteiger partial charge is 0.262 e. The van der Waals surface area contributed by atoms with Crippen LogP contribution in [0, 0.1) is 0 Å². The van der Waals surface area contributed by atoms with Gasteiger partial charge in [0.1, 0.15) is 0 Å². The number of ether oxygens (including phenoxy) is 2. The van der Waals surface area contributed by atoms with E-state index in [4.69, 9.17) is 9.47 Å². The van der Waals surface area contributed by atoms with Crippen molar-refractivity contribution in [2.75, 3.05) is 18.5 Å². The van der Waals surface area contributed by atoms with Crippen molar-refractivity contribution in [1.29, 1.82) is 0 Å². The summed E-state index contributed by atoms with van der Waals surface area (Å²) in [6.45, 7) is 7.47. The molecule has 0 spiro atoms. The van der Waals surface area contributed by atoms with Gasteiger partial charge in [-0.25, -0.2) is 0 Å². The number of carbonyl (C=O) groups is 1. The number of carbonyl (C=O) groups excluding carboxylic acids is 1. The molecule has 26 heavy (non-hydrogen) atoms. The highest BCUT2D eigenvalue weighted by molar-refractivity contribution is 5.91. The van der Waals surface area contributed by atoms with Crippen molar-refractivity contribution in [3.63, 3.8) is 0 Å². The van der Waals surface area contributed by atoms with Gasteiger partial charge in [-0.2, -0.15) is 0 Å². The van der Waals surface area contributed by atoms with Gasteiger partial charge in [-0.15, -0.1) is 0 Å². The monoisotopic (exact) mass is 356 g/mol. The molecule has 1 unspecified atom stereocenters. The van der Waals surface area contributed by atoms with E-state index in [-0.39, 0.29) is 12.5 Å². The highest BCUT2D eigenvalue weighted by atomic mass is 16.5. The summed E-state index contributed by atoms with van der Waals surface area (Å²) >= 11 is 0. The Morgan fingerprint density at radius 2 is 1.81 bits per heavy atom. The molecule has 2 aromatic carbocycles. The first-order chi connectivity index (χ1) is 12.6. The van der Waals surface area contributed by atoms with E-state index in [0.717, 1.165) is 24.2 Å². The largest absolute Gasteiger partial charge is 0.490 e. The van der Waals surface area contributed by atoms with Crippen LogP contribution >= 0.6 is 0 Å². The first-order valence-electron chi connectivity index (χ1n) is 9.09. The summed E-state index contributed by atoms with van der Waals surface area (Å²) in [7, 11) is 0. The summed E-state index contributed by atoms with van der Waals surface area (Å²) in [5.74, 6) is 1.02. The lowest BCUT2D eigenvalue weighted by molar-refractivity contribution is -0.118. The molecule has 0 aromatic heterocycles. The quantitative estimate of drug-likeness (QED) is 0.676. The third-order valence-corrected chi connectivity index (χ3v) is 3.99. The topological polar surface area (TPSA) is 59.6 Å². The fraction of sp³-hybridized carbons (Fsp3) is 0.381. The molecule has 0 saturated carbocycles. The number of hydrogen-bond donors (Lipinski definition) is 2. The Bertz CT molecular complexity index is 689. The Hall–Kier alpha value is -2.53. The number of para-hydroxylation sites is 1. The van der Waals surface area contributed by atoms with Crippen LogP contribution in [0.5, 0.6) is 11.5 Å². The van der Waals surface area contributed by atoms with Gasteiger partial charge in [-0.05, 0) is 50.1 Å². The molecule has 0 aliphatic carbocycles. The van der Waals surface area contributed by atoms with E-state index in [9.17, 15) is 4.79 Å². The molecule has 5 nitrogen and oxygen atoms in total. The normalized spacial score (nSPS) is 11.7. The van der Waals surface area contributed by atoms with E-state index in [2.05, 4.69) is 24.5 Å². The molecule has 5 heteroatoms. The van der Waals surface area contributed by atoms with Crippen molar-refractivity contribution in [3.05, 3.63) is 54.1 Å². The zero-order valence-corrected chi connectivity index (χ0v) is 15.7. The van der Waals surface area contributed by atoms with E-state index in [1.165, 1.54) is 0 Å². The van der Waals surface area contributed by atoms with Gasteiger partial charge in [0.2, 0.25) is 0 Å². The third kappa shape index (κ3) is 6.41. The Balaban J connectivity index is 1.95. The van der Waals surface area contributed by atoms with Gasteiger partial charge in [-0.3, -0.25) is 4.79 Å². The average molecular weight is 356 g/mol. The highest BCUT2D eigenvalue weighted by Crippen LogP contribution is 2.28. The summed E-state index contributed by atoms with van der Waals surface area (Å²) in [6.07, 6.45) is 1.08. The lowest BCUT2D eigenvalue weighted by Gasteiger charge is -2.15. The van der Waals surface area contributed by atoms with Crippen LogP contribution in [0.1, 0.15) is 32.8 Å². The van der Waals surface area contributed by atoms with Crippen LogP contribution < -0.4 is 20.1 Å². The lowest BCUT2D eigenvalue weighted by atomic mass is 10.1. The maximum Gasteiger partial charge on any atom is 0.262 e. The predicted molar refractivity (Wildman–Crippen MR) is 105 cm³/mol. The van der Waals surface area contributed by atoms with Crippen LogP contribution in [0.15, 0.2) is 48.5 Å². The van der Waals surface area contributed by atoms with Gasteiger partial charge < -0.3 is 20.1 Å². The fourth-order valence-corrected chi connectivity index (χ4v) is 2.35. The van der Waals surface area contributed by atoms with Crippen molar-refractivity contribution in [3.8, 4) is 11.5 Å². The Kier molecular flexibility index (Phi) is 7.96. The van der Waals surface area contributed by atoms with Gasteiger partial charge >= 0.3 is 0 Å². The number of rotatable bonds is 10. The average Bonchev–Trinajstić information content (AvgIpc) is 2.66. The van der Waals surface area contributed by atoms with Crippen LogP contribution in [0.4, 0.5) is 5.69 Å². The summed E-state index contributed by atoms with van der Waals surface area (Å²) in [6, 6.07) is 15.6. The van der Waals surface area contributed by atoms with Gasteiger partial charge in [0, 0.05) is 18.3 Å². The Labute approximate surface area is 155 Å². The highest BCUT2D eigenvalue weighted by Gasteiger charge is 2.10. The van der Waals surface area contributed by atoms with E-state index in [0.29, 0.717) is 24.1 Å². The Morgan fingerprint density at radius 1 is 1.04 bits per heavy atom. The van der Waals surface area contributed by atoms with Crippen molar-refractivity contribution in [2.45, 2.75) is 39.8 Å². The maximum absolute atomic E-state index is 12.0. The molecule has 0 heterocycles. The molecular weight excluding hydrogens is 328 g/mol. The molecule has 140 valence electrons. The minimum absolute atomic E-state index is 0.0700. The van der Waals surface area contributed by atoms with Crippen LogP contribution in [0.2, 0.25) is 0 Å². The summed E-state index contributed by atoms with van der Waals surface area (Å²) in [5.41, 5.74) is 1.87. The zero-order chi connectivity index (χ0) is 18.8. The molecular formula is C21H28N2O3. The maximum atomic E-state index is 12.0. The number of benzene rings is 2. The summed E-state index contributed by atoms with van der Waals surface area (Å²) in [4.78, 5) is 12.0. The predicted octanol–water partition coefficient (Wildman–Crippen LogP) is 3.99. The summed E-state index contributed by atoms with van der Waals surface area (Å²) in [5, 5.41) is 6.25. The molecule has 0 bridgehead atoms. The molecule has 0 radical (unpaired) electrons. The first-order valence-corrected chi connectivity index (χ1v) is 9.09. The fourth-order valence-electron chi connectivity index (χ4n) is 2.35. The standard InChI is InChI=1S/C21H28N2O3/c1-4-16(3)22-14-17-11-12-19(20(13-17)25-5-2)26-15-21(24)23-18-9-7-6-8-10-18/h6-13,16,22H,4-5,14-15H2,1-3H3,(H,23,24).